The highest BCUT2D eigenvalue weighted by Crippen LogP contribution is 2.31. The number of aromatic hydroxyl groups is 1. The van der Waals surface area contributed by atoms with Gasteiger partial charge in [0.2, 0.25) is 0 Å². The zero-order valence-electron chi connectivity index (χ0n) is 11.1. The Hall–Kier alpha value is -2.68. The molecule has 3 nitrogen and oxygen atoms in total. The van der Waals surface area contributed by atoms with E-state index in [-0.39, 0.29) is 5.75 Å². The number of hydrogen-bond acceptors (Lipinski definition) is 3. The first-order valence-electron chi connectivity index (χ1n) is 6.43. The first-order valence-corrected chi connectivity index (χ1v) is 6.43. The lowest BCUT2D eigenvalue weighted by Gasteiger charge is -2.01. The Morgan fingerprint density at radius 1 is 0.800 bits per heavy atom. The number of azo groups is 1. The molecule has 0 aliphatic carbocycles. The number of fused-ring (bicyclic) bond motifs is 1. The average molecular weight is 262 g/mol. The van der Waals surface area contributed by atoms with Crippen molar-refractivity contribution in [2.24, 2.45) is 10.2 Å². The van der Waals surface area contributed by atoms with Crippen LogP contribution in [0.4, 0.5) is 11.4 Å². The molecule has 3 rings (SSSR count). The molecule has 3 heteroatoms. The van der Waals surface area contributed by atoms with E-state index >= 15 is 0 Å². The Kier molecular flexibility index (Phi) is 3.17. The molecular weight excluding hydrogens is 248 g/mol. The van der Waals surface area contributed by atoms with Gasteiger partial charge in [-0.05, 0) is 36.1 Å². The zero-order chi connectivity index (χ0) is 13.9. The SMILES string of the molecule is Cc1ccc(O)c(N=Nc2cccc3ccccc23)c1. The van der Waals surface area contributed by atoms with E-state index in [4.69, 9.17) is 0 Å². The van der Waals surface area contributed by atoms with Crippen LogP contribution in [0.5, 0.6) is 5.75 Å². The van der Waals surface area contributed by atoms with E-state index in [1.54, 1.807) is 6.07 Å². The second-order valence-corrected chi connectivity index (χ2v) is 4.69. The highest BCUT2D eigenvalue weighted by molar-refractivity contribution is 5.92. The van der Waals surface area contributed by atoms with Gasteiger partial charge in [0, 0.05) is 5.39 Å². The summed E-state index contributed by atoms with van der Waals surface area (Å²) in [4.78, 5) is 0. The molecule has 0 spiro atoms. The number of phenols is 1. The van der Waals surface area contributed by atoms with E-state index in [1.807, 2.05) is 61.5 Å². The second-order valence-electron chi connectivity index (χ2n) is 4.69. The largest absolute Gasteiger partial charge is 0.506 e. The highest BCUT2D eigenvalue weighted by atomic mass is 16.3. The Bertz CT molecular complexity index is 789. The van der Waals surface area contributed by atoms with Gasteiger partial charge < -0.3 is 5.11 Å². The van der Waals surface area contributed by atoms with Gasteiger partial charge in [-0.2, -0.15) is 0 Å². The summed E-state index contributed by atoms with van der Waals surface area (Å²) in [6, 6.07) is 19.2. The molecule has 0 amide bonds. The molecule has 3 aromatic carbocycles. The minimum atomic E-state index is 0.139. The summed E-state index contributed by atoms with van der Waals surface area (Å²) < 4.78 is 0. The summed E-state index contributed by atoms with van der Waals surface area (Å²) in [6.07, 6.45) is 0. The van der Waals surface area contributed by atoms with Crippen LogP contribution < -0.4 is 0 Å². The van der Waals surface area contributed by atoms with Gasteiger partial charge in [-0.3, -0.25) is 0 Å². The van der Waals surface area contributed by atoms with Crippen LogP contribution in [-0.4, -0.2) is 5.11 Å². The van der Waals surface area contributed by atoms with Crippen LogP contribution in [0.3, 0.4) is 0 Å². The van der Waals surface area contributed by atoms with Crippen LogP contribution in [0.25, 0.3) is 10.8 Å². The predicted octanol–water partition coefficient (Wildman–Crippen LogP) is 5.27. The van der Waals surface area contributed by atoms with Gasteiger partial charge in [0.25, 0.3) is 0 Å². The van der Waals surface area contributed by atoms with Crippen molar-refractivity contribution in [3.63, 3.8) is 0 Å². The Labute approximate surface area is 117 Å². The molecule has 0 heterocycles. The highest BCUT2D eigenvalue weighted by Gasteiger charge is 2.01. The minimum absolute atomic E-state index is 0.139. The van der Waals surface area contributed by atoms with Crippen molar-refractivity contribution >= 4 is 22.1 Å². The van der Waals surface area contributed by atoms with Crippen molar-refractivity contribution in [1.82, 2.24) is 0 Å². The number of rotatable bonds is 2. The van der Waals surface area contributed by atoms with Gasteiger partial charge in [0.1, 0.15) is 11.4 Å². The van der Waals surface area contributed by atoms with Crippen molar-refractivity contribution in [3.05, 3.63) is 66.2 Å². The third-order valence-corrected chi connectivity index (χ3v) is 3.16. The molecule has 0 unspecified atom stereocenters. The molecular formula is C17H14N2O. The molecule has 0 radical (unpaired) electrons. The number of nitrogens with zero attached hydrogens (tertiary/aromatic N) is 2. The first kappa shape index (κ1) is 12.4. The number of hydrogen-bond donors (Lipinski definition) is 1. The Balaban J connectivity index is 2.05. The average Bonchev–Trinajstić information content (AvgIpc) is 2.48. The molecule has 0 aromatic heterocycles. The summed E-state index contributed by atoms with van der Waals surface area (Å²) in [5.74, 6) is 0.139. The third-order valence-electron chi connectivity index (χ3n) is 3.16. The van der Waals surface area contributed by atoms with E-state index in [1.165, 1.54) is 0 Å². The molecule has 0 aliphatic rings. The van der Waals surface area contributed by atoms with Crippen LogP contribution in [0.15, 0.2) is 70.9 Å². The van der Waals surface area contributed by atoms with Crippen molar-refractivity contribution in [2.75, 3.05) is 0 Å². The van der Waals surface area contributed by atoms with E-state index < -0.39 is 0 Å². The molecule has 20 heavy (non-hydrogen) atoms. The van der Waals surface area contributed by atoms with E-state index in [0.717, 1.165) is 22.0 Å². The second kappa shape index (κ2) is 5.13. The summed E-state index contributed by atoms with van der Waals surface area (Å²) in [6.45, 7) is 1.95. The monoisotopic (exact) mass is 262 g/mol. The van der Waals surface area contributed by atoms with Gasteiger partial charge in [0.15, 0.2) is 0 Å². The maximum absolute atomic E-state index is 9.77. The molecule has 98 valence electrons. The van der Waals surface area contributed by atoms with E-state index in [2.05, 4.69) is 10.2 Å². The van der Waals surface area contributed by atoms with Crippen molar-refractivity contribution in [1.29, 1.82) is 0 Å². The molecule has 1 N–H and O–H groups in total. The fourth-order valence-corrected chi connectivity index (χ4v) is 2.12. The topological polar surface area (TPSA) is 45.0 Å². The van der Waals surface area contributed by atoms with E-state index in [0.29, 0.717) is 5.69 Å². The van der Waals surface area contributed by atoms with Crippen molar-refractivity contribution in [3.8, 4) is 5.75 Å². The quantitative estimate of drug-likeness (QED) is 0.628. The van der Waals surface area contributed by atoms with Gasteiger partial charge in [-0.15, -0.1) is 10.2 Å². The standard InChI is InChI=1S/C17H14N2O/c1-12-9-10-17(20)16(11-12)19-18-15-8-4-6-13-5-2-3-7-14(13)15/h2-11,20H,1H3. The normalized spacial score (nSPS) is 11.2. The molecule has 0 saturated heterocycles. The lowest BCUT2D eigenvalue weighted by Crippen LogP contribution is -1.74. The van der Waals surface area contributed by atoms with Crippen LogP contribution in [-0.2, 0) is 0 Å². The number of phenolic OH excluding ortho intramolecular Hbond substituents is 1. The van der Waals surface area contributed by atoms with Gasteiger partial charge >= 0.3 is 0 Å². The van der Waals surface area contributed by atoms with Crippen molar-refractivity contribution < 1.29 is 5.11 Å². The first-order chi connectivity index (χ1) is 9.74. The maximum Gasteiger partial charge on any atom is 0.143 e. The fraction of sp³-hybridized carbons (Fsp3) is 0.0588. The van der Waals surface area contributed by atoms with Gasteiger partial charge in [-0.25, -0.2) is 0 Å². The zero-order valence-corrected chi connectivity index (χ0v) is 11.1. The molecule has 0 bridgehead atoms. The van der Waals surface area contributed by atoms with Crippen molar-refractivity contribution in [2.45, 2.75) is 6.92 Å². The molecule has 3 aromatic rings. The lowest BCUT2D eigenvalue weighted by atomic mass is 10.1. The summed E-state index contributed by atoms with van der Waals surface area (Å²) in [5, 5.41) is 20.4. The van der Waals surface area contributed by atoms with Crippen LogP contribution >= 0.6 is 0 Å². The van der Waals surface area contributed by atoms with Gasteiger partial charge in [0.05, 0.1) is 5.69 Å². The van der Waals surface area contributed by atoms with E-state index in [9.17, 15) is 5.11 Å². The molecule has 0 atom stereocenters. The smallest absolute Gasteiger partial charge is 0.143 e. The summed E-state index contributed by atoms with van der Waals surface area (Å²) in [5.41, 5.74) is 2.32. The fourth-order valence-electron chi connectivity index (χ4n) is 2.12. The van der Waals surface area contributed by atoms with Crippen LogP contribution in [0, 0.1) is 6.92 Å². The maximum atomic E-state index is 9.77. The van der Waals surface area contributed by atoms with Crippen LogP contribution in [0.2, 0.25) is 0 Å². The van der Waals surface area contributed by atoms with Gasteiger partial charge in [-0.1, -0.05) is 42.5 Å². The van der Waals surface area contributed by atoms with Crippen LogP contribution in [0.1, 0.15) is 5.56 Å². The Morgan fingerprint density at radius 3 is 2.45 bits per heavy atom. The molecule has 0 aliphatic heterocycles. The number of aryl methyl sites for hydroxylation is 1. The summed E-state index contributed by atoms with van der Waals surface area (Å²) in [7, 11) is 0. The summed E-state index contributed by atoms with van der Waals surface area (Å²) >= 11 is 0. The minimum Gasteiger partial charge on any atom is -0.506 e. The molecule has 0 saturated carbocycles. The molecule has 0 fully saturated rings. The lowest BCUT2D eigenvalue weighted by molar-refractivity contribution is 0.476. The predicted molar refractivity (Wildman–Crippen MR) is 81.0 cm³/mol. The number of benzene rings is 3. The Morgan fingerprint density at radius 2 is 1.55 bits per heavy atom. The third kappa shape index (κ3) is 2.38.